The molecule has 1 N–H and O–H groups in total. The number of carbonyl (C=O) groups excluding carboxylic acids is 1. The maximum atomic E-state index is 13.6. The minimum atomic E-state index is -4.68. The molecule has 1 aromatic heterocycles. The number of H-pyrrole nitrogens is 1. The highest BCUT2D eigenvalue weighted by molar-refractivity contribution is 5.87. The molecule has 0 unspecified atom stereocenters. The number of nitrogens with zero attached hydrogens (tertiary/aromatic N) is 1. The average Bonchev–Trinajstić information content (AvgIpc) is 2.76. The minimum Gasteiger partial charge on any atom is -0.298 e. The van der Waals surface area contributed by atoms with Crippen molar-refractivity contribution in [1.82, 2.24) is 10.2 Å². The topological polar surface area (TPSA) is 45.8 Å². The summed E-state index contributed by atoms with van der Waals surface area (Å²) < 4.78 is 51.6. The van der Waals surface area contributed by atoms with Gasteiger partial charge < -0.3 is 0 Å². The summed E-state index contributed by atoms with van der Waals surface area (Å²) in [5.41, 5.74) is -2.28. The van der Waals surface area contributed by atoms with E-state index in [0.29, 0.717) is 12.5 Å². The zero-order chi connectivity index (χ0) is 13.3. The summed E-state index contributed by atoms with van der Waals surface area (Å²) in [7, 11) is 0. The SMILES string of the molecule is O=Cc1cccc(F)c1-c1[nH]ncc1C(F)(F)F. The predicted octanol–water partition coefficient (Wildman–Crippen LogP) is 3.05. The van der Waals surface area contributed by atoms with Gasteiger partial charge in [0.1, 0.15) is 11.4 Å². The average molecular weight is 258 g/mol. The first-order valence-electron chi connectivity index (χ1n) is 4.79. The zero-order valence-corrected chi connectivity index (χ0v) is 8.75. The van der Waals surface area contributed by atoms with E-state index in [4.69, 9.17) is 0 Å². The van der Waals surface area contributed by atoms with Crippen molar-refractivity contribution in [2.24, 2.45) is 0 Å². The normalized spacial score (nSPS) is 11.6. The molecule has 0 atom stereocenters. The summed E-state index contributed by atoms with van der Waals surface area (Å²) in [6, 6.07) is 3.45. The van der Waals surface area contributed by atoms with Crippen LogP contribution in [0.1, 0.15) is 15.9 Å². The number of nitrogens with one attached hydrogen (secondary N) is 1. The molecular formula is C11H6F4N2O. The highest BCUT2D eigenvalue weighted by Crippen LogP contribution is 2.37. The van der Waals surface area contributed by atoms with Gasteiger partial charge in [0, 0.05) is 11.1 Å². The van der Waals surface area contributed by atoms with Gasteiger partial charge in [-0.05, 0) is 6.07 Å². The number of hydrogen-bond acceptors (Lipinski definition) is 2. The summed E-state index contributed by atoms with van der Waals surface area (Å²) in [6.45, 7) is 0. The lowest BCUT2D eigenvalue weighted by Crippen LogP contribution is -2.06. The Hall–Kier alpha value is -2.18. The Morgan fingerprint density at radius 2 is 2.00 bits per heavy atom. The third-order valence-corrected chi connectivity index (χ3v) is 2.37. The highest BCUT2D eigenvalue weighted by atomic mass is 19.4. The number of alkyl halides is 3. The summed E-state index contributed by atoms with van der Waals surface area (Å²) >= 11 is 0. The van der Waals surface area contributed by atoms with Crippen LogP contribution in [-0.2, 0) is 6.18 Å². The van der Waals surface area contributed by atoms with Gasteiger partial charge in [-0.15, -0.1) is 0 Å². The molecular weight excluding hydrogens is 252 g/mol. The number of carbonyl (C=O) groups is 1. The molecule has 0 amide bonds. The Labute approximate surface area is 98.4 Å². The highest BCUT2D eigenvalue weighted by Gasteiger charge is 2.36. The fourth-order valence-corrected chi connectivity index (χ4v) is 1.59. The summed E-state index contributed by atoms with van der Waals surface area (Å²) in [4.78, 5) is 10.8. The molecule has 0 aliphatic rings. The molecule has 7 heteroatoms. The first-order chi connectivity index (χ1) is 8.45. The molecule has 0 aliphatic carbocycles. The second-order valence-electron chi connectivity index (χ2n) is 3.48. The second kappa shape index (κ2) is 4.25. The van der Waals surface area contributed by atoms with Gasteiger partial charge in [-0.25, -0.2) is 4.39 Å². The lowest BCUT2D eigenvalue weighted by atomic mass is 10.0. The quantitative estimate of drug-likeness (QED) is 0.664. The molecule has 94 valence electrons. The number of rotatable bonds is 2. The third-order valence-electron chi connectivity index (χ3n) is 2.37. The molecule has 18 heavy (non-hydrogen) atoms. The van der Waals surface area contributed by atoms with Gasteiger partial charge in [-0.1, -0.05) is 12.1 Å². The Balaban J connectivity index is 2.71. The van der Waals surface area contributed by atoms with Gasteiger partial charge in [0.2, 0.25) is 0 Å². The van der Waals surface area contributed by atoms with Gasteiger partial charge in [0.15, 0.2) is 6.29 Å². The lowest BCUT2D eigenvalue weighted by Gasteiger charge is -2.09. The van der Waals surface area contributed by atoms with E-state index in [1.807, 2.05) is 0 Å². The maximum absolute atomic E-state index is 13.6. The van der Waals surface area contributed by atoms with Crippen molar-refractivity contribution in [3.05, 3.63) is 41.3 Å². The van der Waals surface area contributed by atoms with Gasteiger partial charge in [0.05, 0.1) is 11.9 Å². The fraction of sp³-hybridized carbons (Fsp3) is 0.0909. The molecule has 0 fully saturated rings. The van der Waals surface area contributed by atoms with E-state index in [1.54, 1.807) is 0 Å². The smallest absolute Gasteiger partial charge is 0.298 e. The Morgan fingerprint density at radius 1 is 1.28 bits per heavy atom. The van der Waals surface area contributed by atoms with Gasteiger partial charge >= 0.3 is 6.18 Å². The van der Waals surface area contributed by atoms with E-state index < -0.39 is 28.8 Å². The van der Waals surface area contributed by atoms with E-state index in [1.165, 1.54) is 12.1 Å². The lowest BCUT2D eigenvalue weighted by molar-refractivity contribution is -0.137. The van der Waals surface area contributed by atoms with Crippen LogP contribution in [0.15, 0.2) is 24.4 Å². The summed E-state index contributed by atoms with van der Waals surface area (Å²) in [5, 5.41) is 5.33. The van der Waals surface area contributed by atoms with Crippen molar-refractivity contribution >= 4 is 6.29 Å². The van der Waals surface area contributed by atoms with Crippen molar-refractivity contribution in [3.8, 4) is 11.3 Å². The van der Waals surface area contributed by atoms with Crippen molar-refractivity contribution in [1.29, 1.82) is 0 Å². The molecule has 1 heterocycles. The zero-order valence-electron chi connectivity index (χ0n) is 8.75. The van der Waals surface area contributed by atoms with Crippen LogP contribution in [0.2, 0.25) is 0 Å². The third kappa shape index (κ3) is 1.99. The minimum absolute atomic E-state index is 0.176. The second-order valence-corrected chi connectivity index (χ2v) is 3.48. The number of aldehydes is 1. The van der Waals surface area contributed by atoms with Crippen molar-refractivity contribution in [2.45, 2.75) is 6.18 Å². The Bertz CT molecular complexity index is 589. The van der Waals surface area contributed by atoms with Gasteiger partial charge in [-0.2, -0.15) is 18.3 Å². The number of aromatic amines is 1. The number of aromatic nitrogens is 2. The van der Waals surface area contributed by atoms with E-state index >= 15 is 0 Å². The van der Waals surface area contributed by atoms with Crippen LogP contribution in [0.5, 0.6) is 0 Å². The van der Waals surface area contributed by atoms with Crippen LogP contribution >= 0.6 is 0 Å². The summed E-state index contributed by atoms with van der Waals surface area (Å²) in [5.74, 6) is -0.922. The first-order valence-corrected chi connectivity index (χ1v) is 4.79. The van der Waals surface area contributed by atoms with Crippen LogP contribution in [-0.4, -0.2) is 16.5 Å². The molecule has 0 saturated carbocycles. The number of benzene rings is 1. The molecule has 0 spiro atoms. The van der Waals surface area contributed by atoms with Crippen LogP contribution < -0.4 is 0 Å². The predicted molar refractivity (Wildman–Crippen MR) is 54.4 cm³/mol. The number of hydrogen-bond donors (Lipinski definition) is 1. The van der Waals surface area contributed by atoms with Gasteiger partial charge in [0.25, 0.3) is 0 Å². The molecule has 2 rings (SSSR count). The van der Waals surface area contributed by atoms with Crippen molar-refractivity contribution in [3.63, 3.8) is 0 Å². The van der Waals surface area contributed by atoms with E-state index in [-0.39, 0.29) is 5.56 Å². The van der Waals surface area contributed by atoms with Crippen LogP contribution in [0, 0.1) is 5.82 Å². The largest absolute Gasteiger partial charge is 0.420 e. The van der Waals surface area contributed by atoms with Crippen LogP contribution in [0.3, 0.4) is 0 Å². The monoisotopic (exact) mass is 258 g/mol. The van der Waals surface area contributed by atoms with E-state index in [2.05, 4.69) is 10.2 Å². The summed E-state index contributed by atoms with van der Waals surface area (Å²) in [6.07, 6.45) is -3.83. The first kappa shape index (κ1) is 12.3. The van der Waals surface area contributed by atoms with Crippen molar-refractivity contribution < 1.29 is 22.4 Å². The van der Waals surface area contributed by atoms with Crippen molar-refractivity contribution in [2.75, 3.05) is 0 Å². The van der Waals surface area contributed by atoms with Crippen LogP contribution in [0.4, 0.5) is 17.6 Å². The molecule has 1 aromatic carbocycles. The molecule has 0 bridgehead atoms. The molecule has 2 aromatic rings. The van der Waals surface area contributed by atoms with E-state index in [0.717, 1.165) is 6.07 Å². The fourth-order valence-electron chi connectivity index (χ4n) is 1.59. The molecule has 0 radical (unpaired) electrons. The van der Waals surface area contributed by atoms with E-state index in [9.17, 15) is 22.4 Å². The Kier molecular flexibility index (Phi) is 2.90. The Morgan fingerprint density at radius 3 is 2.61 bits per heavy atom. The maximum Gasteiger partial charge on any atom is 0.420 e. The van der Waals surface area contributed by atoms with Crippen LogP contribution in [0.25, 0.3) is 11.3 Å². The van der Waals surface area contributed by atoms with Gasteiger partial charge in [-0.3, -0.25) is 9.89 Å². The molecule has 0 saturated heterocycles. The standard InChI is InChI=1S/C11H6F4N2O/c12-8-3-1-2-6(5-18)9(8)10-7(4-16-17-10)11(13,14)15/h1-5H,(H,16,17). The number of halogens is 4. The molecule has 0 aliphatic heterocycles. The molecule has 3 nitrogen and oxygen atoms in total.